The molecular weight excluding hydrogens is 168 g/mol. The van der Waals surface area contributed by atoms with Gasteiger partial charge in [0.1, 0.15) is 0 Å². The van der Waals surface area contributed by atoms with Gasteiger partial charge >= 0.3 is 0 Å². The lowest BCUT2D eigenvalue weighted by atomic mass is 10.2. The lowest BCUT2D eigenvalue weighted by molar-refractivity contribution is 0.639. The van der Waals surface area contributed by atoms with Crippen LogP contribution in [0.2, 0.25) is 0 Å². The Morgan fingerprint density at radius 2 is 2.42 bits per heavy atom. The quantitative estimate of drug-likeness (QED) is 0.734. The molecule has 0 bridgehead atoms. The maximum Gasteiger partial charge on any atom is 0.0885 e. The number of nitrogens with one attached hydrogen (secondary N) is 1. The van der Waals surface area contributed by atoms with E-state index in [0.717, 1.165) is 0 Å². The van der Waals surface area contributed by atoms with E-state index in [2.05, 4.69) is 22.8 Å². The van der Waals surface area contributed by atoms with Crippen molar-refractivity contribution in [2.24, 2.45) is 5.73 Å². The number of hydrogen-bond acceptors (Lipinski definition) is 3. The average molecular weight is 182 g/mol. The van der Waals surface area contributed by atoms with Crippen molar-refractivity contribution in [3.8, 4) is 0 Å². The summed E-state index contributed by atoms with van der Waals surface area (Å²) in [6, 6.07) is 5.03. The van der Waals surface area contributed by atoms with E-state index in [9.17, 15) is 0 Å². The topological polar surface area (TPSA) is 38.0 Å². The van der Waals surface area contributed by atoms with Crippen molar-refractivity contribution in [3.63, 3.8) is 0 Å². The van der Waals surface area contributed by atoms with Crippen molar-refractivity contribution in [1.29, 1.82) is 0 Å². The fourth-order valence-corrected chi connectivity index (χ4v) is 2.39. The highest BCUT2D eigenvalue weighted by Crippen LogP contribution is 2.24. The number of hydrogen-bond donors (Lipinski definition) is 2. The summed E-state index contributed by atoms with van der Waals surface area (Å²) in [5, 5.41) is 6.80. The zero-order chi connectivity index (χ0) is 8.39. The van der Waals surface area contributed by atoms with Crippen LogP contribution in [0.1, 0.15) is 19.3 Å². The molecule has 1 aliphatic carbocycles. The highest BCUT2D eigenvalue weighted by molar-refractivity contribution is 7.14. The molecule has 0 aromatic carbocycles. The van der Waals surface area contributed by atoms with Gasteiger partial charge in [0.25, 0.3) is 0 Å². The molecule has 0 spiro atoms. The SMILES string of the molecule is NC1CCCC1Nc1cccs1. The Hall–Kier alpha value is -0.540. The van der Waals surface area contributed by atoms with Crippen LogP contribution in [0.3, 0.4) is 0 Å². The van der Waals surface area contributed by atoms with E-state index in [1.807, 2.05) is 0 Å². The molecule has 0 aliphatic heterocycles. The van der Waals surface area contributed by atoms with E-state index in [1.165, 1.54) is 24.3 Å². The number of thiophene rings is 1. The van der Waals surface area contributed by atoms with E-state index >= 15 is 0 Å². The number of anilines is 1. The van der Waals surface area contributed by atoms with E-state index in [4.69, 9.17) is 5.73 Å². The Morgan fingerprint density at radius 3 is 3.00 bits per heavy atom. The molecule has 0 amide bonds. The summed E-state index contributed by atoms with van der Waals surface area (Å²) >= 11 is 1.75. The maximum atomic E-state index is 5.94. The smallest absolute Gasteiger partial charge is 0.0885 e. The van der Waals surface area contributed by atoms with Crippen LogP contribution in [-0.4, -0.2) is 12.1 Å². The van der Waals surface area contributed by atoms with Gasteiger partial charge in [-0.15, -0.1) is 11.3 Å². The first-order valence-corrected chi connectivity index (χ1v) is 5.30. The molecule has 1 fully saturated rings. The van der Waals surface area contributed by atoms with Crippen LogP contribution >= 0.6 is 11.3 Å². The predicted octanol–water partition coefficient (Wildman–Crippen LogP) is 2.04. The van der Waals surface area contributed by atoms with E-state index < -0.39 is 0 Å². The van der Waals surface area contributed by atoms with Crippen LogP contribution < -0.4 is 11.1 Å². The largest absolute Gasteiger partial charge is 0.373 e. The molecule has 1 aliphatic rings. The Kier molecular flexibility index (Phi) is 2.33. The first-order valence-electron chi connectivity index (χ1n) is 4.42. The zero-order valence-electron chi connectivity index (χ0n) is 6.99. The van der Waals surface area contributed by atoms with Crippen molar-refractivity contribution in [1.82, 2.24) is 0 Å². The maximum absolute atomic E-state index is 5.94. The monoisotopic (exact) mass is 182 g/mol. The lowest BCUT2D eigenvalue weighted by Crippen LogP contribution is -2.34. The lowest BCUT2D eigenvalue weighted by Gasteiger charge is -2.16. The van der Waals surface area contributed by atoms with E-state index in [1.54, 1.807) is 11.3 Å². The van der Waals surface area contributed by atoms with Gasteiger partial charge in [-0.3, -0.25) is 0 Å². The summed E-state index contributed by atoms with van der Waals surface area (Å²) in [4.78, 5) is 0. The van der Waals surface area contributed by atoms with Crippen LogP contribution in [0.4, 0.5) is 5.00 Å². The van der Waals surface area contributed by atoms with Gasteiger partial charge in [0.15, 0.2) is 0 Å². The summed E-state index contributed by atoms with van der Waals surface area (Å²) < 4.78 is 0. The molecule has 0 radical (unpaired) electrons. The third kappa shape index (κ3) is 1.62. The van der Waals surface area contributed by atoms with Crippen LogP contribution in [0.5, 0.6) is 0 Å². The minimum absolute atomic E-state index is 0.354. The van der Waals surface area contributed by atoms with Gasteiger partial charge in [0.2, 0.25) is 0 Å². The Balaban J connectivity index is 1.95. The molecule has 66 valence electrons. The number of nitrogens with two attached hydrogens (primary N) is 1. The Morgan fingerprint density at radius 1 is 1.50 bits per heavy atom. The third-order valence-corrected chi connectivity index (χ3v) is 3.22. The first kappa shape index (κ1) is 8.08. The van der Waals surface area contributed by atoms with Gasteiger partial charge < -0.3 is 11.1 Å². The van der Waals surface area contributed by atoms with Crippen molar-refractivity contribution >= 4 is 16.3 Å². The second-order valence-corrected chi connectivity index (χ2v) is 4.27. The third-order valence-electron chi connectivity index (χ3n) is 2.42. The molecule has 1 heterocycles. The summed E-state index contributed by atoms with van der Waals surface area (Å²) in [5.41, 5.74) is 5.94. The molecule has 1 aromatic rings. The van der Waals surface area contributed by atoms with Crippen LogP contribution in [0.15, 0.2) is 17.5 Å². The molecule has 12 heavy (non-hydrogen) atoms. The zero-order valence-corrected chi connectivity index (χ0v) is 7.81. The normalized spacial score (nSPS) is 29.1. The minimum atomic E-state index is 0.354. The molecular formula is C9H14N2S. The predicted molar refractivity (Wildman–Crippen MR) is 53.6 cm³/mol. The molecule has 3 heteroatoms. The molecule has 2 nitrogen and oxygen atoms in total. The molecule has 2 atom stereocenters. The molecule has 0 saturated heterocycles. The van der Waals surface area contributed by atoms with Gasteiger partial charge in [0.05, 0.1) is 5.00 Å². The fraction of sp³-hybridized carbons (Fsp3) is 0.556. The van der Waals surface area contributed by atoms with Crippen molar-refractivity contribution in [2.45, 2.75) is 31.3 Å². The average Bonchev–Trinajstić information content (AvgIpc) is 2.65. The molecule has 1 saturated carbocycles. The summed E-state index contributed by atoms with van der Waals surface area (Å²) in [7, 11) is 0. The summed E-state index contributed by atoms with van der Waals surface area (Å²) in [6.45, 7) is 0. The second kappa shape index (κ2) is 3.46. The van der Waals surface area contributed by atoms with Crippen molar-refractivity contribution < 1.29 is 0 Å². The highest BCUT2D eigenvalue weighted by Gasteiger charge is 2.23. The highest BCUT2D eigenvalue weighted by atomic mass is 32.1. The molecule has 3 N–H and O–H groups in total. The molecule has 1 aromatic heterocycles. The Bertz CT molecular complexity index is 233. The van der Waals surface area contributed by atoms with Crippen molar-refractivity contribution in [3.05, 3.63) is 17.5 Å². The van der Waals surface area contributed by atoms with Gasteiger partial charge in [-0.25, -0.2) is 0 Å². The minimum Gasteiger partial charge on any atom is -0.373 e. The molecule has 2 rings (SSSR count). The van der Waals surface area contributed by atoms with Gasteiger partial charge in [-0.2, -0.15) is 0 Å². The van der Waals surface area contributed by atoms with Crippen LogP contribution in [0, 0.1) is 0 Å². The standard InChI is InChI=1S/C9H14N2S/c10-7-3-1-4-8(7)11-9-5-2-6-12-9/h2,5-8,11H,1,3-4,10H2. The van der Waals surface area contributed by atoms with E-state index in [0.29, 0.717) is 12.1 Å². The van der Waals surface area contributed by atoms with Crippen LogP contribution in [0.25, 0.3) is 0 Å². The molecule has 2 unspecified atom stereocenters. The van der Waals surface area contributed by atoms with Crippen molar-refractivity contribution in [2.75, 3.05) is 5.32 Å². The number of rotatable bonds is 2. The Labute approximate surface area is 76.8 Å². The summed E-state index contributed by atoms with van der Waals surface area (Å²) in [6.07, 6.45) is 3.66. The fourth-order valence-electron chi connectivity index (χ4n) is 1.71. The van der Waals surface area contributed by atoms with Crippen LogP contribution in [-0.2, 0) is 0 Å². The second-order valence-electron chi connectivity index (χ2n) is 3.32. The summed E-state index contributed by atoms with van der Waals surface area (Å²) in [5.74, 6) is 0. The van der Waals surface area contributed by atoms with E-state index in [-0.39, 0.29) is 0 Å². The first-order chi connectivity index (χ1) is 5.86. The van der Waals surface area contributed by atoms with Gasteiger partial charge in [0, 0.05) is 12.1 Å². The van der Waals surface area contributed by atoms with Gasteiger partial charge in [-0.1, -0.05) is 0 Å². The van der Waals surface area contributed by atoms with Gasteiger partial charge in [-0.05, 0) is 36.8 Å².